The highest BCUT2D eigenvalue weighted by Gasteiger charge is 2.27. The molecule has 3 rings (SSSR count). The summed E-state index contributed by atoms with van der Waals surface area (Å²) in [5.41, 5.74) is 5.00. The molecule has 2 aromatic carbocycles. The molecule has 0 heterocycles. The summed E-state index contributed by atoms with van der Waals surface area (Å²) in [6.07, 6.45) is 3.69. The third-order valence-electron chi connectivity index (χ3n) is 6.32. The first-order valence-corrected chi connectivity index (χ1v) is 14.4. The van der Waals surface area contributed by atoms with Crippen LogP contribution in [0.1, 0.15) is 37.0 Å². The molecule has 35 heavy (non-hydrogen) atoms. The van der Waals surface area contributed by atoms with Crippen LogP contribution in [0, 0.1) is 5.82 Å². The van der Waals surface area contributed by atoms with Crippen molar-refractivity contribution in [3.05, 3.63) is 70.5 Å². The molecule has 0 radical (unpaired) electrons. The lowest BCUT2D eigenvalue weighted by molar-refractivity contribution is -0.128. The predicted octanol–water partition coefficient (Wildman–Crippen LogP) is 4.02. The zero-order chi connectivity index (χ0) is 25.9. The van der Waals surface area contributed by atoms with Crippen LogP contribution >= 0.6 is 0 Å². The molecule has 1 amide bonds. The number of fused-ring (bicyclic) bond motifs is 1. The summed E-state index contributed by atoms with van der Waals surface area (Å²) in [4.78, 5) is 15.3. The van der Waals surface area contributed by atoms with Crippen molar-refractivity contribution in [3.63, 3.8) is 0 Å². The van der Waals surface area contributed by atoms with Gasteiger partial charge in [-0.05, 0) is 77.6 Å². The molecule has 188 valence electrons. The van der Waals surface area contributed by atoms with Crippen LogP contribution in [0.25, 0.3) is 17.2 Å². The summed E-state index contributed by atoms with van der Waals surface area (Å²) in [5.74, 6) is -0.547. The van der Waals surface area contributed by atoms with Gasteiger partial charge in [0, 0.05) is 49.1 Å². The van der Waals surface area contributed by atoms with E-state index in [2.05, 4.69) is 0 Å². The lowest BCUT2D eigenvalue weighted by Crippen LogP contribution is -2.37. The second kappa shape index (κ2) is 11.0. The van der Waals surface area contributed by atoms with Crippen molar-refractivity contribution < 1.29 is 21.8 Å². The monoisotopic (exact) mass is 518 g/mol. The van der Waals surface area contributed by atoms with Gasteiger partial charge < -0.3 is 4.90 Å². The van der Waals surface area contributed by atoms with Gasteiger partial charge in [0.25, 0.3) is 0 Å². The molecule has 1 atom stereocenters. The normalized spacial score (nSPS) is 15.6. The average Bonchev–Trinajstić information content (AvgIpc) is 3.07. The van der Waals surface area contributed by atoms with Crippen molar-refractivity contribution in [1.29, 1.82) is 0 Å². The van der Waals surface area contributed by atoms with Crippen LogP contribution < -0.4 is 0 Å². The number of likely N-dealkylation sites (N-methyl/N-ethyl adjacent to an activating group) is 2. The zero-order valence-electron chi connectivity index (χ0n) is 20.7. The lowest BCUT2D eigenvalue weighted by atomic mass is 10.0. The predicted molar refractivity (Wildman–Crippen MR) is 140 cm³/mol. The highest BCUT2D eigenvalue weighted by Crippen LogP contribution is 2.44. The van der Waals surface area contributed by atoms with E-state index in [4.69, 9.17) is 0 Å². The molecule has 1 unspecified atom stereocenters. The van der Waals surface area contributed by atoms with E-state index in [1.54, 1.807) is 26.3 Å². The summed E-state index contributed by atoms with van der Waals surface area (Å²) < 4.78 is 51.0. The van der Waals surface area contributed by atoms with E-state index in [0.717, 1.165) is 32.7 Å². The summed E-state index contributed by atoms with van der Waals surface area (Å²) in [5, 5.41) is 0. The minimum atomic E-state index is -3.32. The summed E-state index contributed by atoms with van der Waals surface area (Å²) in [6.45, 7) is 3.95. The number of carbonyl (C=O) groups excluding carboxylic acids is 1. The van der Waals surface area contributed by atoms with Gasteiger partial charge in [0.2, 0.25) is 15.9 Å². The molecule has 0 spiro atoms. The van der Waals surface area contributed by atoms with Crippen LogP contribution in [-0.4, -0.2) is 66.9 Å². The van der Waals surface area contributed by atoms with Crippen LogP contribution in [0.5, 0.6) is 0 Å². The Bertz CT molecular complexity index is 1320. The van der Waals surface area contributed by atoms with Gasteiger partial charge in [-0.1, -0.05) is 18.2 Å². The first-order valence-electron chi connectivity index (χ1n) is 11.3. The molecule has 0 aliphatic heterocycles. The van der Waals surface area contributed by atoms with Crippen LogP contribution in [0.15, 0.2) is 52.9 Å². The molecule has 1 aliphatic rings. The van der Waals surface area contributed by atoms with Crippen LogP contribution in [0.2, 0.25) is 0 Å². The zero-order valence-corrected chi connectivity index (χ0v) is 22.3. The Morgan fingerprint density at radius 1 is 1.06 bits per heavy atom. The Balaban J connectivity index is 1.86. The van der Waals surface area contributed by atoms with Gasteiger partial charge in [0.1, 0.15) is 5.82 Å². The molecule has 2 aromatic rings. The summed E-state index contributed by atoms with van der Waals surface area (Å²) in [6, 6.07) is 12.0. The maximum absolute atomic E-state index is 14.2. The largest absolute Gasteiger partial charge is 0.344 e. The van der Waals surface area contributed by atoms with Gasteiger partial charge in [-0.3, -0.25) is 9.00 Å². The highest BCUT2D eigenvalue weighted by molar-refractivity contribution is 7.89. The van der Waals surface area contributed by atoms with Crippen molar-refractivity contribution in [2.45, 2.75) is 25.2 Å². The van der Waals surface area contributed by atoms with Crippen LogP contribution in [0.3, 0.4) is 0 Å². The van der Waals surface area contributed by atoms with E-state index in [1.807, 2.05) is 37.3 Å². The van der Waals surface area contributed by atoms with E-state index >= 15 is 0 Å². The quantitative estimate of drug-likeness (QED) is 0.503. The second-order valence-corrected chi connectivity index (χ2v) is 12.3. The Labute approximate surface area is 209 Å². The fourth-order valence-electron chi connectivity index (χ4n) is 3.96. The maximum atomic E-state index is 14.2. The third kappa shape index (κ3) is 6.15. The maximum Gasteiger partial charge on any atom is 0.226 e. The summed E-state index contributed by atoms with van der Waals surface area (Å²) in [7, 11) is -1.24. The van der Waals surface area contributed by atoms with E-state index in [0.29, 0.717) is 5.56 Å². The minimum absolute atomic E-state index is 0.00370. The molecular weight excluding hydrogens is 487 g/mol. The number of benzene rings is 2. The molecule has 0 bridgehead atoms. The number of rotatable bonds is 9. The number of hydrogen-bond acceptors (Lipinski definition) is 4. The van der Waals surface area contributed by atoms with E-state index < -0.39 is 20.8 Å². The number of carbonyl (C=O) groups is 1. The Morgan fingerprint density at radius 2 is 1.71 bits per heavy atom. The van der Waals surface area contributed by atoms with Gasteiger partial charge in [-0.2, -0.15) is 0 Å². The highest BCUT2D eigenvalue weighted by atomic mass is 32.2. The first kappa shape index (κ1) is 27.0. The second-order valence-electron chi connectivity index (χ2n) is 8.59. The van der Waals surface area contributed by atoms with Crippen LogP contribution in [0.4, 0.5) is 4.39 Å². The smallest absolute Gasteiger partial charge is 0.226 e. The molecule has 0 N–H and O–H groups in total. The average molecular weight is 519 g/mol. The Hall–Kier alpha value is -2.62. The van der Waals surface area contributed by atoms with Crippen molar-refractivity contribution in [1.82, 2.24) is 9.21 Å². The number of amides is 1. The molecule has 1 aliphatic carbocycles. The van der Waals surface area contributed by atoms with Crippen molar-refractivity contribution in [2.24, 2.45) is 0 Å². The first-order chi connectivity index (χ1) is 16.4. The van der Waals surface area contributed by atoms with Crippen molar-refractivity contribution in [2.75, 3.05) is 39.2 Å². The number of hydrogen-bond donors (Lipinski definition) is 0. The number of nitrogens with zero attached hydrogens (tertiary/aromatic N) is 2. The fourth-order valence-corrected chi connectivity index (χ4v) is 5.28. The van der Waals surface area contributed by atoms with E-state index in [1.165, 1.54) is 28.4 Å². The van der Waals surface area contributed by atoms with E-state index in [9.17, 15) is 21.8 Å². The number of allylic oxidation sites excluding steroid dienone is 2. The third-order valence-corrected chi connectivity index (χ3v) is 9.12. The lowest BCUT2D eigenvalue weighted by Gasteiger charge is -2.22. The molecule has 0 fully saturated rings. The Morgan fingerprint density at radius 3 is 2.31 bits per heavy atom. The minimum Gasteiger partial charge on any atom is -0.344 e. The van der Waals surface area contributed by atoms with E-state index in [-0.39, 0.29) is 37.0 Å². The van der Waals surface area contributed by atoms with Gasteiger partial charge in [0.15, 0.2) is 0 Å². The van der Waals surface area contributed by atoms with Crippen LogP contribution in [-0.2, 0) is 25.6 Å². The number of sulfonamides is 1. The fraction of sp³-hybridized carbons (Fsp3) is 0.346. The Kier molecular flexibility index (Phi) is 8.46. The van der Waals surface area contributed by atoms with Crippen molar-refractivity contribution >= 4 is 44.0 Å². The molecule has 6 nitrogen and oxygen atoms in total. The molecule has 0 saturated carbocycles. The topological polar surface area (TPSA) is 74.8 Å². The molecule has 0 saturated heterocycles. The van der Waals surface area contributed by atoms with Gasteiger partial charge in [-0.15, -0.1) is 0 Å². The van der Waals surface area contributed by atoms with Gasteiger partial charge >= 0.3 is 0 Å². The SMILES string of the molecule is CCS(=O)(=O)N(C)CCN(C)C(=O)CC1=C(C)/C(=C/c2ccc(S(C)=O)cc2)c2ccc(F)cc21. The standard InChI is InChI=1S/C26H31FN2O4S2/c1-6-35(32,33)29(4)14-13-28(3)26(30)17-24-18(2)23(22-12-9-20(27)16-25(22)24)15-19-7-10-21(11-8-19)34(5)31/h7-12,15-16H,6,13-14,17H2,1-5H3/b23-15-. The van der Waals surface area contributed by atoms with Gasteiger partial charge in [-0.25, -0.2) is 17.1 Å². The molecule has 9 heteroatoms. The number of halogens is 1. The molecule has 0 aromatic heterocycles. The summed E-state index contributed by atoms with van der Waals surface area (Å²) >= 11 is 0. The molecular formula is C26H31FN2O4S2. The van der Waals surface area contributed by atoms with Gasteiger partial charge in [0.05, 0.1) is 12.2 Å². The van der Waals surface area contributed by atoms with Crippen molar-refractivity contribution in [3.8, 4) is 0 Å².